The Morgan fingerprint density at radius 1 is 1.58 bits per heavy atom. The summed E-state index contributed by atoms with van der Waals surface area (Å²) in [5, 5.41) is 18.3. The molecule has 1 aromatic heterocycles. The Morgan fingerprint density at radius 2 is 2.37 bits per heavy atom. The Bertz CT molecular complexity index is 624. The normalized spacial score (nSPS) is 10.4. The second kappa shape index (κ2) is 5.66. The van der Waals surface area contributed by atoms with Gasteiger partial charge in [-0.1, -0.05) is 17.8 Å². The van der Waals surface area contributed by atoms with Crippen molar-refractivity contribution in [1.82, 2.24) is 15.2 Å². The van der Waals surface area contributed by atoms with Gasteiger partial charge in [0, 0.05) is 22.9 Å². The second-order valence-electron chi connectivity index (χ2n) is 3.82. The lowest BCUT2D eigenvalue weighted by Crippen LogP contribution is -1.92. The van der Waals surface area contributed by atoms with Gasteiger partial charge in [0.1, 0.15) is 0 Å². The SMILES string of the molecule is C=CCSc1n[nH]c(-c2ccc([N+](=O)[O-])c(C)c2)n1. The third-order valence-electron chi connectivity index (χ3n) is 2.46. The van der Waals surface area contributed by atoms with Gasteiger partial charge >= 0.3 is 0 Å². The Balaban J connectivity index is 2.26. The molecule has 2 rings (SSSR count). The molecule has 0 atom stereocenters. The minimum absolute atomic E-state index is 0.101. The summed E-state index contributed by atoms with van der Waals surface area (Å²) < 4.78 is 0. The van der Waals surface area contributed by atoms with Crippen molar-refractivity contribution in [3.05, 3.63) is 46.5 Å². The number of H-pyrrole nitrogens is 1. The minimum Gasteiger partial charge on any atom is -0.258 e. The molecule has 2 aromatic rings. The molecule has 1 aromatic carbocycles. The number of benzene rings is 1. The van der Waals surface area contributed by atoms with E-state index in [-0.39, 0.29) is 5.69 Å². The summed E-state index contributed by atoms with van der Waals surface area (Å²) in [4.78, 5) is 14.7. The molecule has 0 saturated carbocycles. The molecular formula is C12H12N4O2S. The number of nitrogens with one attached hydrogen (secondary N) is 1. The van der Waals surface area contributed by atoms with Gasteiger partial charge in [-0.05, 0) is 19.1 Å². The summed E-state index contributed by atoms with van der Waals surface area (Å²) in [6, 6.07) is 4.86. The zero-order chi connectivity index (χ0) is 13.8. The molecule has 0 spiro atoms. The summed E-state index contributed by atoms with van der Waals surface area (Å²) in [7, 11) is 0. The van der Waals surface area contributed by atoms with Gasteiger partial charge in [0.15, 0.2) is 5.82 Å². The van der Waals surface area contributed by atoms with Crippen LogP contribution in [0.5, 0.6) is 0 Å². The van der Waals surface area contributed by atoms with Crippen LogP contribution >= 0.6 is 11.8 Å². The van der Waals surface area contributed by atoms with E-state index in [1.54, 1.807) is 25.1 Å². The predicted octanol–water partition coefficient (Wildman–Crippen LogP) is 2.97. The van der Waals surface area contributed by atoms with E-state index in [4.69, 9.17) is 0 Å². The first-order valence-electron chi connectivity index (χ1n) is 5.53. The van der Waals surface area contributed by atoms with Crippen LogP contribution in [-0.2, 0) is 0 Å². The first kappa shape index (κ1) is 13.3. The van der Waals surface area contributed by atoms with E-state index >= 15 is 0 Å². The Labute approximate surface area is 114 Å². The molecule has 0 aliphatic carbocycles. The topological polar surface area (TPSA) is 84.7 Å². The van der Waals surface area contributed by atoms with E-state index in [2.05, 4.69) is 21.8 Å². The first-order valence-corrected chi connectivity index (χ1v) is 6.52. The van der Waals surface area contributed by atoms with Crippen LogP contribution in [0.1, 0.15) is 5.56 Å². The van der Waals surface area contributed by atoms with Crippen molar-refractivity contribution in [2.24, 2.45) is 0 Å². The number of aryl methyl sites for hydroxylation is 1. The molecule has 0 aliphatic rings. The lowest BCUT2D eigenvalue weighted by Gasteiger charge is -1.99. The smallest absolute Gasteiger partial charge is 0.258 e. The predicted molar refractivity (Wildman–Crippen MR) is 74.1 cm³/mol. The molecule has 98 valence electrons. The molecule has 0 unspecified atom stereocenters. The summed E-state index contributed by atoms with van der Waals surface area (Å²) in [5.74, 6) is 1.33. The number of aromatic amines is 1. The van der Waals surface area contributed by atoms with Gasteiger partial charge in [0.05, 0.1) is 4.92 Å². The van der Waals surface area contributed by atoms with Crippen molar-refractivity contribution in [2.45, 2.75) is 12.1 Å². The fourth-order valence-electron chi connectivity index (χ4n) is 1.58. The average molecular weight is 276 g/mol. The fraction of sp³-hybridized carbons (Fsp3) is 0.167. The number of nitro groups is 1. The highest BCUT2D eigenvalue weighted by molar-refractivity contribution is 7.99. The summed E-state index contributed by atoms with van der Waals surface area (Å²) in [5.41, 5.74) is 1.48. The maximum atomic E-state index is 10.7. The second-order valence-corrected chi connectivity index (χ2v) is 4.81. The molecule has 0 saturated heterocycles. The number of thioether (sulfide) groups is 1. The van der Waals surface area contributed by atoms with Crippen LogP contribution in [0.2, 0.25) is 0 Å². The molecular weight excluding hydrogens is 264 g/mol. The van der Waals surface area contributed by atoms with Gasteiger partial charge < -0.3 is 0 Å². The molecule has 6 nitrogen and oxygen atoms in total. The van der Waals surface area contributed by atoms with Crippen LogP contribution in [0.3, 0.4) is 0 Å². The van der Waals surface area contributed by atoms with Gasteiger partial charge in [-0.3, -0.25) is 15.2 Å². The molecule has 0 bridgehead atoms. The van der Waals surface area contributed by atoms with Crippen LogP contribution in [0, 0.1) is 17.0 Å². The van der Waals surface area contributed by atoms with E-state index in [0.29, 0.717) is 16.5 Å². The van der Waals surface area contributed by atoms with Crippen LogP contribution in [-0.4, -0.2) is 25.9 Å². The number of hydrogen-bond acceptors (Lipinski definition) is 5. The zero-order valence-corrected chi connectivity index (χ0v) is 11.1. The average Bonchev–Trinajstić information content (AvgIpc) is 2.84. The third-order valence-corrected chi connectivity index (χ3v) is 3.31. The van der Waals surface area contributed by atoms with Gasteiger partial charge in [-0.15, -0.1) is 11.7 Å². The molecule has 0 fully saturated rings. The minimum atomic E-state index is -0.398. The van der Waals surface area contributed by atoms with Crippen molar-refractivity contribution in [2.75, 3.05) is 5.75 Å². The number of hydrogen-bond donors (Lipinski definition) is 1. The zero-order valence-electron chi connectivity index (χ0n) is 10.3. The molecule has 0 radical (unpaired) electrons. The van der Waals surface area contributed by atoms with E-state index < -0.39 is 4.92 Å². The molecule has 7 heteroatoms. The van der Waals surface area contributed by atoms with E-state index in [0.717, 1.165) is 11.3 Å². The standard InChI is InChI=1S/C12H12N4O2S/c1-3-6-19-12-13-11(14-15-12)9-4-5-10(16(17)18)8(2)7-9/h3-5,7H,1,6H2,2H3,(H,13,14,15). The van der Waals surface area contributed by atoms with Crippen molar-refractivity contribution in [3.8, 4) is 11.4 Å². The molecule has 0 aliphatic heterocycles. The number of rotatable bonds is 5. The van der Waals surface area contributed by atoms with Gasteiger partial charge in [-0.2, -0.15) is 0 Å². The van der Waals surface area contributed by atoms with Crippen LogP contribution in [0.4, 0.5) is 5.69 Å². The van der Waals surface area contributed by atoms with Crippen LogP contribution < -0.4 is 0 Å². The van der Waals surface area contributed by atoms with Crippen molar-refractivity contribution < 1.29 is 4.92 Å². The number of nitro benzene ring substituents is 1. The number of aromatic nitrogens is 3. The maximum Gasteiger partial charge on any atom is 0.272 e. The van der Waals surface area contributed by atoms with E-state index in [9.17, 15) is 10.1 Å². The van der Waals surface area contributed by atoms with Gasteiger partial charge in [0.25, 0.3) is 5.69 Å². The van der Waals surface area contributed by atoms with E-state index in [1.165, 1.54) is 17.8 Å². The Hall–Kier alpha value is -2.15. The number of nitrogens with zero attached hydrogens (tertiary/aromatic N) is 3. The monoisotopic (exact) mass is 276 g/mol. The van der Waals surface area contributed by atoms with Crippen molar-refractivity contribution in [1.29, 1.82) is 0 Å². The summed E-state index contributed by atoms with van der Waals surface area (Å²) in [6.45, 7) is 5.33. The molecule has 19 heavy (non-hydrogen) atoms. The first-order chi connectivity index (χ1) is 9.11. The quantitative estimate of drug-likeness (QED) is 0.393. The third kappa shape index (κ3) is 3.00. The van der Waals surface area contributed by atoms with Crippen molar-refractivity contribution in [3.63, 3.8) is 0 Å². The molecule has 0 amide bonds. The highest BCUT2D eigenvalue weighted by Crippen LogP contribution is 2.25. The largest absolute Gasteiger partial charge is 0.272 e. The Morgan fingerprint density at radius 3 is 3.00 bits per heavy atom. The Kier molecular flexibility index (Phi) is 3.96. The lowest BCUT2D eigenvalue weighted by molar-refractivity contribution is -0.385. The molecule has 1 N–H and O–H groups in total. The highest BCUT2D eigenvalue weighted by Gasteiger charge is 2.12. The highest BCUT2D eigenvalue weighted by atomic mass is 32.2. The van der Waals surface area contributed by atoms with Crippen LogP contribution in [0.25, 0.3) is 11.4 Å². The summed E-state index contributed by atoms with van der Waals surface area (Å²) in [6.07, 6.45) is 1.77. The molecule has 1 heterocycles. The summed E-state index contributed by atoms with van der Waals surface area (Å²) >= 11 is 1.47. The fourth-order valence-corrected chi connectivity index (χ4v) is 2.11. The van der Waals surface area contributed by atoms with Crippen molar-refractivity contribution >= 4 is 17.4 Å². The van der Waals surface area contributed by atoms with E-state index in [1.807, 2.05) is 0 Å². The van der Waals surface area contributed by atoms with Crippen LogP contribution in [0.15, 0.2) is 36.0 Å². The van der Waals surface area contributed by atoms with Gasteiger partial charge in [-0.25, -0.2) is 4.98 Å². The van der Waals surface area contributed by atoms with Gasteiger partial charge in [0.2, 0.25) is 5.16 Å². The lowest BCUT2D eigenvalue weighted by atomic mass is 10.1. The maximum absolute atomic E-state index is 10.7.